The molecular formula is C18H13NO3S. The van der Waals surface area contributed by atoms with Crippen molar-refractivity contribution in [2.75, 3.05) is 0 Å². The number of aromatic nitrogens is 1. The van der Waals surface area contributed by atoms with Gasteiger partial charge in [-0.2, -0.15) is 0 Å². The third-order valence-electron chi connectivity index (χ3n) is 3.71. The van der Waals surface area contributed by atoms with Gasteiger partial charge >= 0.3 is 0 Å². The van der Waals surface area contributed by atoms with E-state index in [1.165, 1.54) is 11.3 Å². The van der Waals surface area contributed by atoms with Crippen LogP contribution in [0.15, 0.2) is 54.0 Å². The monoisotopic (exact) mass is 323 g/mol. The Morgan fingerprint density at radius 1 is 1.00 bits per heavy atom. The van der Waals surface area contributed by atoms with Gasteiger partial charge < -0.3 is 14.9 Å². The summed E-state index contributed by atoms with van der Waals surface area (Å²) in [5.41, 5.74) is 2.83. The van der Waals surface area contributed by atoms with Gasteiger partial charge in [0.2, 0.25) is 0 Å². The number of phenols is 2. The summed E-state index contributed by atoms with van der Waals surface area (Å²) in [6.45, 7) is 0. The molecule has 1 aliphatic heterocycles. The number of hydrogen-bond acceptors (Lipinski definition) is 5. The number of aromatic hydroxyl groups is 2. The number of hydrogen-bond donors (Lipinski definition) is 2. The summed E-state index contributed by atoms with van der Waals surface area (Å²) in [7, 11) is 0. The summed E-state index contributed by atoms with van der Waals surface area (Å²) in [5.74, 6) is 1.03. The summed E-state index contributed by atoms with van der Waals surface area (Å²) in [4.78, 5) is 4.37. The highest BCUT2D eigenvalue weighted by atomic mass is 32.1. The predicted molar refractivity (Wildman–Crippen MR) is 89.6 cm³/mol. The van der Waals surface area contributed by atoms with Crippen LogP contribution in [0.3, 0.4) is 0 Å². The number of ether oxygens (including phenoxy) is 1. The molecular weight excluding hydrogens is 310 g/mol. The van der Waals surface area contributed by atoms with Crippen molar-refractivity contribution in [3.05, 3.63) is 70.2 Å². The Bertz CT molecular complexity index is 870. The fourth-order valence-corrected chi connectivity index (χ4v) is 3.30. The maximum Gasteiger partial charge on any atom is 0.176 e. The molecule has 3 aromatic rings. The molecule has 1 unspecified atom stereocenters. The summed E-state index contributed by atoms with van der Waals surface area (Å²) in [6, 6.07) is 12.1. The van der Waals surface area contributed by atoms with Gasteiger partial charge in [-0.15, -0.1) is 11.3 Å². The topological polar surface area (TPSA) is 62.6 Å². The van der Waals surface area contributed by atoms with Gasteiger partial charge in [-0.25, -0.2) is 4.98 Å². The summed E-state index contributed by atoms with van der Waals surface area (Å²) in [6.07, 6.45) is 3.45. The standard InChI is InChI=1S/C18H13NO3S/c20-13-4-1-11(2-5-13)15-9-12-3-6-14(21)10-16(12)22-17(15)18-19-7-8-23-18/h1-10,17,20-21H. The van der Waals surface area contributed by atoms with Crippen molar-refractivity contribution in [3.8, 4) is 17.2 Å². The molecule has 1 aliphatic rings. The second-order valence-electron chi connectivity index (χ2n) is 5.24. The van der Waals surface area contributed by atoms with Crippen molar-refractivity contribution in [2.24, 2.45) is 0 Å². The smallest absolute Gasteiger partial charge is 0.176 e. The second-order valence-corrected chi connectivity index (χ2v) is 6.16. The van der Waals surface area contributed by atoms with E-state index in [1.807, 2.05) is 29.7 Å². The molecule has 5 heteroatoms. The normalized spacial score (nSPS) is 16.3. The van der Waals surface area contributed by atoms with E-state index in [0.717, 1.165) is 21.7 Å². The zero-order valence-electron chi connectivity index (χ0n) is 12.0. The molecule has 0 saturated carbocycles. The minimum Gasteiger partial charge on any atom is -0.508 e. The number of benzene rings is 2. The van der Waals surface area contributed by atoms with Crippen LogP contribution in [-0.2, 0) is 0 Å². The van der Waals surface area contributed by atoms with Gasteiger partial charge in [0.15, 0.2) is 6.10 Å². The number of phenolic OH excluding ortho intramolecular Hbond substituents is 2. The van der Waals surface area contributed by atoms with Gasteiger partial charge in [-0.1, -0.05) is 12.1 Å². The van der Waals surface area contributed by atoms with Gasteiger partial charge in [0, 0.05) is 28.8 Å². The largest absolute Gasteiger partial charge is 0.508 e. The average molecular weight is 323 g/mol. The van der Waals surface area contributed by atoms with E-state index in [1.54, 1.807) is 30.5 Å². The van der Waals surface area contributed by atoms with Crippen LogP contribution in [-0.4, -0.2) is 15.2 Å². The third kappa shape index (κ3) is 2.55. The lowest BCUT2D eigenvalue weighted by Gasteiger charge is -2.26. The first-order chi connectivity index (χ1) is 11.2. The molecule has 4 nitrogen and oxygen atoms in total. The maximum atomic E-state index is 9.68. The average Bonchev–Trinajstić information content (AvgIpc) is 3.09. The Hall–Kier alpha value is -2.79. The van der Waals surface area contributed by atoms with Gasteiger partial charge in [0.25, 0.3) is 0 Å². The molecule has 1 aromatic heterocycles. The summed E-state index contributed by atoms with van der Waals surface area (Å²) in [5, 5.41) is 21.9. The molecule has 0 saturated heterocycles. The van der Waals surface area contributed by atoms with Gasteiger partial charge in [-0.05, 0) is 35.9 Å². The molecule has 0 fully saturated rings. The highest BCUT2D eigenvalue weighted by Crippen LogP contribution is 2.43. The Kier molecular flexibility index (Phi) is 3.28. The van der Waals surface area contributed by atoms with E-state index in [2.05, 4.69) is 4.98 Å². The predicted octanol–water partition coefficient (Wildman–Crippen LogP) is 4.23. The SMILES string of the molecule is Oc1ccc(C2=Cc3ccc(O)cc3OC2c2nccs2)cc1. The molecule has 0 bridgehead atoms. The molecule has 0 amide bonds. The summed E-state index contributed by atoms with van der Waals surface area (Å²) >= 11 is 1.52. The van der Waals surface area contributed by atoms with Crippen LogP contribution in [0.4, 0.5) is 0 Å². The molecule has 2 N–H and O–H groups in total. The number of thiazole rings is 1. The van der Waals surface area contributed by atoms with Crippen molar-refractivity contribution in [1.29, 1.82) is 0 Å². The van der Waals surface area contributed by atoms with Gasteiger partial charge in [0.1, 0.15) is 22.3 Å². The lowest BCUT2D eigenvalue weighted by atomic mass is 9.95. The lowest BCUT2D eigenvalue weighted by Crippen LogP contribution is -2.14. The zero-order chi connectivity index (χ0) is 15.8. The van der Waals surface area contributed by atoms with E-state index in [-0.39, 0.29) is 17.6 Å². The Labute approximate surface area is 137 Å². The molecule has 2 aromatic carbocycles. The van der Waals surface area contributed by atoms with Gasteiger partial charge in [0.05, 0.1) is 0 Å². The molecule has 4 rings (SSSR count). The minimum atomic E-state index is -0.339. The Morgan fingerprint density at radius 2 is 1.78 bits per heavy atom. The molecule has 23 heavy (non-hydrogen) atoms. The van der Waals surface area contributed by atoms with Crippen LogP contribution in [0, 0.1) is 0 Å². The summed E-state index contributed by atoms with van der Waals surface area (Å²) < 4.78 is 6.11. The highest BCUT2D eigenvalue weighted by molar-refractivity contribution is 7.09. The van der Waals surface area contributed by atoms with Crippen molar-refractivity contribution in [2.45, 2.75) is 6.10 Å². The van der Waals surface area contributed by atoms with Crippen LogP contribution < -0.4 is 4.74 Å². The van der Waals surface area contributed by atoms with Crippen LogP contribution in [0.2, 0.25) is 0 Å². The number of rotatable bonds is 2. The first-order valence-corrected chi connectivity index (χ1v) is 7.99. The molecule has 0 aliphatic carbocycles. The van der Waals surface area contributed by atoms with Crippen molar-refractivity contribution < 1.29 is 14.9 Å². The molecule has 0 spiro atoms. The molecule has 0 radical (unpaired) electrons. The van der Waals surface area contributed by atoms with E-state index in [4.69, 9.17) is 4.74 Å². The third-order valence-corrected chi connectivity index (χ3v) is 4.53. The molecule has 1 atom stereocenters. The van der Waals surface area contributed by atoms with E-state index in [9.17, 15) is 10.2 Å². The highest BCUT2D eigenvalue weighted by Gasteiger charge is 2.27. The Morgan fingerprint density at radius 3 is 2.52 bits per heavy atom. The quantitative estimate of drug-likeness (QED) is 0.741. The lowest BCUT2D eigenvalue weighted by molar-refractivity contribution is 0.259. The zero-order valence-corrected chi connectivity index (χ0v) is 12.8. The van der Waals surface area contributed by atoms with Crippen LogP contribution in [0.5, 0.6) is 17.2 Å². The molecule has 114 valence electrons. The van der Waals surface area contributed by atoms with E-state index in [0.29, 0.717) is 5.75 Å². The first-order valence-electron chi connectivity index (χ1n) is 7.11. The minimum absolute atomic E-state index is 0.170. The maximum absolute atomic E-state index is 9.68. The number of nitrogens with zero attached hydrogens (tertiary/aromatic N) is 1. The fourth-order valence-electron chi connectivity index (χ4n) is 2.61. The van der Waals surface area contributed by atoms with Crippen LogP contribution >= 0.6 is 11.3 Å². The van der Waals surface area contributed by atoms with E-state index < -0.39 is 0 Å². The van der Waals surface area contributed by atoms with Crippen LogP contribution in [0.1, 0.15) is 22.2 Å². The van der Waals surface area contributed by atoms with Crippen molar-refractivity contribution >= 4 is 23.0 Å². The first kappa shape index (κ1) is 13.8. The Balaban J connectivity index is 1.86. The van der Waals surface area contributed by atoms with Crippen LogP contribution in [0.25, 0.3) is 11.6 Å². The van der Waals surface area contributed by atoms with Crippen molar-refractivity contribution in [3.63, 3.8) is 0 Å². The van der Waals surface area contributed by atoms with Crippen molar-refractivity contribution in [1.82, 2.24) is 4.98 Å². The van der Waals surface area contributed by atoms with E-state index >= 15 is 0 Å². The fraction of sp³-hybridized carbons (Fsp3) is 0.0556. The second kappa shape index (κ2) is 5.44. The number of fused-ring (bicyclic) bond motifs is 1. The molecule has 2 heterocycles. The van der Waals surface area contributed by atoms with Gasteiger partial charge in [-0.3, -0.25) is 0 Å².